The quantitative estimate of drug-likeness (QED) is 0.825. The van der Waals surface area contributed by atoms with Gasteiger partial charge >= 0.3 is 0 Å². The average Bonchev–Trinajstić information content (AvgIpc) is 2.37. The molecule has 2 heterocycles. The summed E-state index contributed by atoms with van der Waals surface area (Å²) >= 11 is 0. The van der Waals surface area contributed by atoms with E-state index in [0.29, 0.717) is 6.54 Å². The summed E-state index contributed by atoms with van der Waals surface area (Å²) in [4.78, 5) is 13.9. The fourth-order valence-corrected chi connectivity index (χ4v) is 2.39. The van der Waals surface area contributed by atoms with Gasteiger partial charge in [-0.1, -0.05) is 12.5 Å². The van der Waals surface area contributed by atoms with Crippen LogP contribution in [0.2, 0.25) is 0 Å². The lowest BCUT2D eigenvalue weighted by atomic mass is 10.1. The molecule has 18 heavy (non-hydrogen) atoms. The standard InChI is InChI=1S/C14H20N2O2/c1-2-6-16-11-14(18)13(17)9-12(16)10-15-7-4-3-5-8-15/h2,9,11,18H,1,3-8,10H2. The van der Waals surface area contributed by atoms with Crippen LogP contribution in [0, 0.1) is 0 Å². The van der Waals surface area contributed by atoms with Gasteiger partial charge in [0.2, 0.25) is 5.43 Å². The van der Waals surface area contributed by atoms with E-state index in [9.17, 15) is 9.90 Å². The molecule has 4 nitrogen and oxygen atoms in total. The van der Waals surface area contributed by atoms with Crippen molar-refractivity contribution in [3.05, 3.63) is 40.8 Å². The first-order chi connectivity index (χ1) is 8.70. The maximum absolute atomic E-state index is 11.5. The zero-order valence-electron chi connectivity index (χ0n) is 10.6. The molecular formula is C14H20N2O2. The van der Waals surface area contributed by atoms with Crippen molar-refractivity contribution in [1.29, 1.82) is 0 Å². The van der Waals surface area contributed by atoms with Gasteiger partial charge in [0.1, 0.15) is 0 Å². The number of hydrogen-bond acceptors (Lipinski definition) is 3. The summed E-state index contributed by atoms with van der Waals surface area (Å²) < 4.78 is 1.89. The monoisotopic (exact) mass is 248 g/mol. The molecule has 4 heteroatoms. The van der Waals surface area contributed by atoms with Gasteiger partial charge in [-0.15, -0.1) is 6.58 Å². The number of aromatic hydroxyl groups is 1. The summed E-state index contributed by atoms with van der Waals surface area (Å²) in [7, 11) is 0. The van der Waals surface area contributed by atoms with E-state index in [1.54, 1.807) is 6.08 Å². The summed E-state index contributed by atoms with van der Waals surface area (Å²) in [6, 6.07) is 1.54. The van der Waals surface area contributed by atoms with E-state index in [-0.39, 0.29) is 11.2 Å². The van der Waals surface area contributed by atoms with Crippen molar-refractivity contribution in [3.63, 3.8) is 0 Å². The van der Waals surface area contributed by atoms with Crippen LogP contribution in [0.5, 0.6) is 5.75 Å². The van der Waals surface area contributed by atoms with E-state index in [1.165, 1.54) is 31.5 Å². The van der Waals surface area contributed by atoms with Gasteiger partial charge < -0.3 is 9.67 Å². The van der Waals surface area contributed by atoms with Gasteiger partial charge in [-0.05, 0) is 25.9 Å². The molecule has 1 aliphatic heterocycles. The normalized spacial score (nSPS) is 16.7. The molecule has 0 bridgehead atoms. The predicted octanol–water partition coefficient (Wildman–Crippen LogP) is 1.73. The number of hydrogen-bond donors (Lipinski definition) is 1. The molecule has 0 aromatic carbocycles. The second-order valence-electron chi connectivity index (χ2n) is 4.79. The van der Waals surface area contributed by atoms with E-state index in [1.807, 2.05) is 4.57 Å². The summed E-state index contributed by atoms with van der Waals surface area (Å²) in [6.45, 7) is 7.25. The minimum absolute atomic E-state index is 0.195. The fraction of sp³-hybridized carbons (Fsp3) is 0.500. The van der Waals surface area contributed by atoms with E-state index in [2.05, 4.69) is 11.5 Å². The molecular weight excluding hydrogens is 228 g/mol. The molecule has 0 amide bonds. The van der Waals surface area contributed by atoms with E-state index >= 15 is 0 Å². The van der Waals surface area contributed by atoms with Crippen molar-refractivity contribution in [2.75, 3.05) is 13.1 Å². The smallest absolute Gasteiger partial charge is 0.223 e. The Labute approximate surface area is 107 Å². The summed E-state index contributed by atoms with van der Waals surface area (Å²) in [5.74, 6) is -0.195. The van der Waals surface area contributed by atoms with Gasteiger partial charge in [-0.3, -0.25) is 9.69 Å². The number of piperidine rings is 1. The number of rotatable bonds is 4. The lowest BCUT2D eigenvalue weighted by Gasteiger charge is -2.27. The molecule has 0 spiro atoms. The third kappa shape index (κ3) is 3.01. The van der Waals surface area contributed by atoms with Gasteiger partial charge in [-0.25, -0.2) is 0 Å². The Morgan fingerprint density at radius 3 is 2.72 bits per heavy atom. The van der Waals surface area contributed by atoms with Crippen molar-refractivity contribution in [1.82, 2.24) is 9.47 Å². The van der Waals surface area contributed by atoms with Crippen LogP contribution in [-0.4, -0.2) is 27.7 Å². The van der Waals surface area contributed by atoms with Crippen LogP contribution < -0.4 is 5.43 Å². The minimum atomic E-state index is -0.303. The Balaban J connectivity index is 2.21. The van der Waals surface area contributed by atoms with Gasteiger partial charge in [0.25, 0.3) is 0 Å². The Kier molecular flexibility index (Phi) is 4.20. The topological polar surface area (TPSA) is 45.5 Å². The van der Waals surface area contributed by atoms with Crippen molar-refractivity contribution >= 4 is 0 Å². The van der Waals surface area contributed by atoms with Crippen LogP contribution in [-0.2, 0) is 13.1 Å². The Bertz CT molecular complexity index is 473. The lowest BCUT2D eigenvalue weighted by molar-refractivity contribution is 0.215. The molecule has 0 saturated carbocycles. The molecule has 1 N–H and O–H groups in total. The molecule has 1 aromatic heterocycles. The zero-order chi connectivity index (χ0) is 13.0. The molecule has 98 valence electrons. The molecule has 0 radical (unpaired) electrons. The third-order valence-electron chi connectivity index (χ3n) is 3.36. The number of nitrogens with zero attached hydrogens (tertiary/aromatic N) is 2. The van der Waals surface area contributed by atoms with Crippen molar-refractivity contribution in [3.8, 4) is 5.75 Å². The van der Waals surface area contributed by atoms with Crippen molar-refractivity contribution in [2.24, 2.45) is 0 Å². The average molecular weight is 248 g/mol. The van der Waals surface area contributed by atoms with Gasteiger partial charge in [0.15, 0.2) is 5.75 Å². The highest BCUT2D eigenvalue weighted by Gasteiger charge is 2.13. The minimum Gasteiger partial charge on any atom is -0.503 e. The van der Waals surface area contributed by atoms with Crippen LogP contribution in [0.1, 0.15) is 25.0 Å². The third-order valence-corrected chi connectivity index (χ3v) is 3.36. The second-order valence-corrected chi connectivity index (χ2v) is 4.79. The van der Waals surface area contributed by atoms with Crippen LogP contribution in [0.15, 0.2) is 29.7 Å². The van der Waals surface area contributed by atoms with Gasteiger partial charge in [-0.2, -0.15) is 0 Å². The molecule has 0 aliphatic carbocycles. The molecule has 0 unspecified atom stereocenters. The van der Waals surface area contributed by atoms with Crippen molar-refractivity contribution < 1.29 is 5.11 Å². The Morgan fingerprint density at radius 2 is 2.06 bits per heavy atom. The number of allylic oxidation sites excluding steroid dienone is 1. The van der Waals surface area contributed by atoms with Crippen LogP contribution in [0.3, 0.4) is 0 Å². The largest absolute Gasteiger partial charge is 0.503 e. The molecule has 2 rings (SSSR count). The molecule has 0 atom stereocenters. The van der Waals surface area contributed by atoms with Gasteiger partial charge in [0.05, 0.1) is 6.20 Å². The lowest BCUT2D eigenvalue weighted by Crippen LogP contribution is -2.31. The fourth-order valence-electron chi connectivity index (χ4n) is 2.39. The van der Waals surface area contributed by atoms with E-state index in [4.69, 9.17) is 0 Å². The highest BCUT2D eigenvalue weighted by Crippen LogP contribution is 2.13. The zero-order valence-corrected chi connectivity index (χ0v) is 10.6. The van der Waals surface area contributed by atoms with E-state index in [0.717, 1.165) is 25.3 Å². The molecule has 1 aromatic rings. The first kappa shape index (κ1) is 12.9. The number of pyridine rings is 1. The first-order valence-electron chi connectivity index (χ1n) is 6.46. The van der Waals surface area contributed by atoms with E-state index < -0.39 is 0 Å². The van der Waals surface area contributed by atoms with Crippen LogP contribution >= 0.6 is 0 Å². The molecule has 1 fully saturated rings. The SMILES string of the molecule is C=CCn1cc(O)c(=O)cc1CN1CCCCC1. The molecule has 1 saturated heterocycles. The summed E-state index contributed by atoms with van der Waals surface area (Å²) in [6.07, 6.45) is 7.02. The summed E-state index contributed by atoms with van der Waals surface area (Å²) in [5, 5.41) is 9.48. The highest BCUT2D eigenvalue weighted by atomic mass is 16.3. The number of likely N-dealkylation sites (tertiary alicyclic amines) is 1. The summed E-state index contributed by atoms with van der Waals surface area (Å²) in [5.41, 5.74) is 0.641. The van der Waals surface area contributed by atoms with Crippen molar-refractivity contribution in [2.45, 2.75) is 32.4 Å². The Hall–Kier alpha value is -1.55. The first-order valence-corrected chi connectivity index (χ1v) is 6.46. The van der Waals surface area contributed by atoms with Crippen LogP contribution in [0.25, 0.3) is 0 Å². The maximum Gasteiger partial charge on any atom is 0.223 e. The molecule has 1 aliphatic rings. The number of aromatic nitrogens is 1. The predicted molar refractivity (Wildman–Crippen MR) is 71.7 cm³/mol. The Morgan fingerprint density at radius 1 is 1.33 bits per heavy atom. The maximum atomic E-state index is 11.5. The highest BCUT2D eigenvalue weighted by molar-refractivity contribution is 5.20. The van der Waals surface area contributed by atoms with Gasteiger partial charge in [0, 0.05) is 24.8 Å². The second kappa shape index (κ2) is 5.87. The van der Waals surface area contributed by atoms with Crippen LogP contribution in [0.4, 0.5) is 0 Å².